The molecule has 0 radical (unpaired) electrons. The molecule has 28 heavy (non-hydrogen) atoms. The molecule has 0 atom stereocenters. The van der Waals surface area contributed by atoms with Gasteiger partial charge < -0.3 is 20.1 Å². The van der Waals surface area contributed by atoms with Crippen LogP contribution >= 0.6 is 0 Å². The zero-order valence-corrected chi connectivity index (χ0v) is 15.9. The van der Waals surface area contributed by atoms with Gasteiger partial charge in [-0.2, -0.15) is 0 Å². The fourth-order valence-corrected chi connectivity index (χ4v) is 2.74. The fourth-order valence-electron chi connectivity index (χ4n) is 2.74. The minimum atomic E-state index is -0.0957. The molecule has 1 heterocycles. The monoisotopic (exact) mass is 377 g/mol. The highest BCUT2D eigenvalue weighted by Crippen LogP contribution is 2.19. The molecule has 0 saturated heterocycles. The van der Waals surface area contributed by atoms with Crippen LogP contribution in [0.15, 0.2) is 66.9 Å². The van der Waals surface area contributed by atoms with E-state index in [1.54, 1.807) is 20.4 Å². The van der Waals surface area contributed by atoms with E-state index in [0.29, 0.717) is 12.2 Å². The van der Waals surface area contributed by atoms with Gasteiger partial charge in [0.1, 0.15) is 17.3 Å². The van der Waals surface area contributed by atoms with Gasteiger partial charge in [0.15, 0.2) is 0 Å². The summed E-state index contributed by atoms with van der Waals surface area (Å²) in [6.45, 7) is 0.597. The molecule has 0 aliphatic rings. The first-order valence-corrected chi connectivity index (χ1v) is 8.92. The summed E-state index contributed by atoms with van der Waals surface area (Å²) in [5.74, 6) is 2.22. The number of anilines is 2. The third-order valence-electron chi connectivity index (χ3n) is 4.22. The zero-order valence-electron chi connectivity index (χ0n) is 15.9. The van der Waals surface area contributed by atoms with Crippen molar-refractivity contribution in [1.29, 1.82) is 0 Å². The van der Waals surface area contributed by atoms with Gasteiger partial charge in [-0.1, -0.05) is 30.3 Å². The second-order valence-corrected chi connectivity index (χ2v) is 6.17. The van der Waals surface area contributed by atoms with Gasteiger partial charge in [0.05, 0.1) is 32.5 Å². The summed E-state index contributed by atoms with van der Waals surface area (Å²) in [7, 11) is 3.27. The Morgan fingerprint density at radius 3 is 2.43 bits per heavy atom. The minimum absolute atomic E-state index is 0.0957. The van der Waals surface area contributed by atoms with E-state index in [0.717, 1.165) is 28.4 Å². The average molecular weight is 377 g/mol. The summed E-state index contributed by atoms with van der Waals surface area (Å²) in [5, 5.41) is 6.11. The molecular formula is C22H23N3O3. The van der Waals surface area contributed by atoms with Crippen LogP contribution in [0, 0.1) is 0 Å². The number of para-hydroxylation sites is 1. The lowest BCUT2D eigenvalue weighted by atomic mass is 10.1. The van der Waals surface area contributed by atoms with Crippen LogP contribution in [0.25, 0.3) is 0 Å². The maximum atomic E-state index is 12.2. The van der Waals surface area contributed by atoms with Gasteiger partial charge >= 0.3 is 0 Å². The Kier molecular flexibility index (Phi) is 6.46. The third-order valence-corrected chi connectivity index (χ3v) is 4.22. The third kappa shape index (κ3) is 5.23. The van der Waals surface area contributed by atoms with Crippen LogP contribution in [-0.4, -0.2) is 25.1 Å². The van der Waals surface area contributed by atoms with Crippen molar-refractivity contribution in [2.75, 3.05) is 24.9 Å². The lowest BCUT2D eigenvalue weighted by Crippen LogP contribution is -2.14. The largest absolute Gasteiger partial charge is 0.497 e. The Bertz CT molecular complexity index is 909. The van der Waals surface area contributed by atoms with Crippen molar-refractivity contribution >= 4 is 17.4 Å². The number of hydrogen-bond acceptors (Lipinski definition) is 5. The second kappa shape index (κ2) is 9.41. The standard InChI is InChI=1S/C22H23N3O3/c1-27-19-10-7-16(8-11-19)13-22(26)25-18-9-12-21(24-15-18)23-14-17-5-3-4-6-20(17)28-2/h3-12,15H,13-14H2,1-2H3,(H,23,24)(H,25,26). The van der Waals surface area contributed by atoms with E-state index in [1.807, 2.05) is 60.7 Å². The van der Waals surface area contributed by atoms with E-state index in [-0.39, 0.29) is 12.3 Å². The molecular weight excluding hydrogens is 354 g/mol. The van der Waals surface area contributed by atoms with Crippen molar-refractivity contribution < 1.29 is 14.3 Å². The number of methoxy groups -OCH3 is 2. The van der Waals surface area contributed by atoms with E-state index in [4.69, 9.17) is 9.47 Å². The quantitative estimate of drug-likeness (QED) is 0.623. The molecule has 2 aromatic carbocycles. The molecule has 0 aliphatic carbocycles. The van der Waals surface area contributed by atoms with Gasteiger partial charge in [-0.15, -0.1) is 0 Å². The van der Waals surface area contributed by atoms with Gasteiger partial charge in [-0.25, -0.2) is 4.98 Å². The number of rotatable bonds is 8. The predicted octanol–water partition coefficient (Wildman–Crippen LogP) is 3.89. The summed E-state index contributed by atoms with van der Waals surface area (Å²) in [4.78, 5) is 16.6. The Morgan fingerprint density at radius 2 is 1.75 bits per heavy atom. The van der Waals surface area contributed by atoms with Crippen molar-refractivity contribution in [1.82, 2.24) is 4.98 Å². The van der Waals surface area contributed by atoms with Crippen molar-refractivity contribution in [3.63, 3.8) is 0 Å². The molecule has 0 spiro atoms. The molecule has 1 aromatic heterocycles. The van der Waals surface area contributed by atoms with Gasteiger partial charge in [0.2, 0.25) is 5.91 Å². The average Bonchev–Trinajstić information content (AvgIpc) is 2.74. The summed E-state index contributed by atoms with van der Waals surface area (Å²) in [6, 6.07) is 18.9. The highest BCUT2D eigenvalue weighted by atomic mass is 16.5. The molecule has 0 fully saturated rings. The number of nitrogens with one attached hydrogen (secondary N) is 2. The normalized spacial score (nSPS) is 10.2. The van der Waals surface area contributed by atoms with Crippen LogP contribution in [0.4, 0.5) is 11.5 Å². The SMILES string of the molecule is COc1ccc(CC(=O)Nc2ccc(NCc3ccccc3OC)nc2)cc1. The molecule has 6 nitrogen and oxygen atoms in total. The maximum Gasteiger partial charge on any atom is 0.228 e. The summed E-state index contributed by atoms with van der Waals surface area (Å²) >= 11 is 0. The number of carbonyl (C=O) groups excluding carboxylic acids is 1. The lowest BCUT2D eigenvalue weighted by Gasteiger charge is -2.10. The molecule has 0 unspecified atom stereocenters. The van der Waals surface area contributed by atoms with Crippen LogP contribution in [0.2, 0.25) is 0 Å². The van der Waals surface area contributed by atoms with Crippen molar-refractivity contribution in [2.24, 2.45) is 0 Å². The number of carbonyl (C=O) groups is 1. The number of benzene rings is 2. The first-order valence-electron chi connectivity index (χ1n) is 8.92. The smallest absolute Gasteiger partial charge is 0.228 e. The molecule has 6 heteroatoms. The molecule has 3 rings (SSSR count). The first kappa shape index (κ1) is 19.2. The summed E-state index contributed by atoms with van der Waals surface area (Å²) < 4.78 is 10.5. The van der Waals surface area contributed by atoms with Crippen LogP contribution in [0.5, 0.6) is 11.5 Å². The van der Waals surface area contributed by atoms with Crippen LogP contribution < -0.4 is 20.1 Å². The highest BCUT2D eigenvalue weighted by molar-refractivity contribution is 5.92. The minimum Gasteiger partial charge on any atom is -0.497 e. The van der Waals surface area contributed by atoms with E-state index in [9.17, 15) is 4.79 Å². The van der Waals surface area contributed by atoms with Crippen molar-refractivity contribution in [2.45, 2.75) is 13.0 Å². The number of nitrogens with zero attached hydrogens (tertiary/aromatic N) is 1. The molecule has 2 N–H and O–H groups in total. The zero-order chi connectivity index (χ0) is 19.8. The summed E-state index contributed by atoms with van der Waals surface area (Å²) in [6.07, 6.45) is 1.92. The number of pyridine rings is 1. The van der Waals surface area contributed by atoms with E-state index in [1.165, 1.54) is 0 Å². The van der Waals surface area contributed by atoms with E-state index < -0.39 is 0 Å². The van der Waals surface area contributed by atoms with Crippen LogP contribution in [-0.2, 0) is 17.8 Å². The Labute approximate surface area is 164 Å². The number of ether oxygens (including phenoxy) is 2. The maximum absolute atomic E-state index is 12.2. The molecule has 0 bridgehead atoms. The van der Waals surface area contributed by atoms with Gasteiger partial charge in [-0.3, -0.25) is 4.79 Å². The second-order valence-electron chi connectivity index (χ2n) is 6.17. The first-order chi connectivity index (χ1) is 13.7. The number of amides is 1. The topological polar surface area (TPSA) is 72.5 Å². The predicted molar refractivity (Wildman–Crippen MR) is 110 cm³/mol. The van der Waals surface area contributed by atoms with E-state index in [2.05, 4.69) is 15.6 Å². The molecule has 0 aliphatic heterocycles. The lowest BCUT2D eigenvalue weighted by molar-refractivity contribution is -0.115. The molecule has 1 amide bonds. The molecule has 144 valence electrons. The van der Waals surface area contributed by atoms with Crippen LogP contribution in [0.3, 0.4) is 0 Å². The Balaban J connectivity index is 1.52. The van der Waals surface area contributed by atoms with Gasteiger partial charge in [0.25, 0.3) is 0 Å². The molecule has 3 aromatic rings. The summed E-state index contributed by atoms with van der Waals surface area (Å²) in [5.41, 5.74) is 2.62. The van der Waals surface area contributed by atoms with Gasteiger partial charge in [-0.05, 0) is 35.9 Å². The van der Waals surface area contributed by atoms with E-state index >= 15 is 0 Å². The number of hydrogen-bond donors (Lipinski definition) is 2. The number of aromatic nitrogens is 1. The molecule has 0 saturated carbocycles. The van der Waals surface area contributed by atoms with Crippen molar-refractivity contribution in [3.05, 3.63) is 78.0 Å². The Hall–Kier alpha value is -3.54. The van der Waals surface area contributed by atoms with Gasteiger partial charge in [0, 0.05) is 12.1 Å². The van der Waals surface area contributed by atoms with Crippen molar-refractivity contribution in [3.8, 4) is 11.5 Å². The highest BCUT2D eigenvalue weighted by Gasteiger charge is 2.06. The Morgan fingerprint density at radius 1 is 0.964 bits per heavy atom. The fraction of sp³-hybridized carbons (Fsp3) is 0.182. The van der Waals surface area contributed by atoms with Crippen LogP contribution in [0.1, 0.15) is 11.1 Å².